The lowest BCUT2D eigenvalue weighted by molar-refractivity contribution is -0.0210. The van der Waals surface area contributed by atoms with Gasteiger partial charge < -0.3 is 15.1 Å². The largest absolute Gasteiger partial charge is 0.508 e. The number of nitrogens with zero attached hydrogens (tertiary/aromatic N) is 1. The van der Waals surface area contributed by atoms with Gasteiger partial charge in [-0.15, -0.1) is 0 Å². The van der Waals surface area contributed by atoms with Gasteiger partial charge in [-0.05, 0) is 37.1 Å². The molecule has 0 bridgehead atoms. The van der Waals surface area contributed by atoms with Crippen molar-refractivity contribution in [3.05, 3.63) is 63.6 Å². The fourth-order valence-electron chi connectivity index (χ4n) is 3.04. The predicted molar refractivity (Wildman–Crippen MR) is 93.6 cm³/mol. The van der Waals surface area contributed by atoms with Gasteiger partial charge in [-0.3, -0.25) is 4.79 Å². The average molecular weight is 366 g/mol. The molecule has 6 heteroatoms. The highest BCUT2D eigenvalue weighted by Gasteiger charge is 2.37. The Morgan fingerprint density at radius 3 is 2.38 bits per heavy atom. The van der Waals surface area contributed by atoms with Crippen LogP contribution in [0, 0.1) is 0 Å². The number of aromatic hydroxyl groups is 1. The fraction of sp³-hybridized carbons (Fsp3) is 0.278. The standard InChI is InChI=1S/C18H17Cl2NO3/c19-15-6-5-12(22)11-13(15)17(23)21-9-7-18(24,8-10-21)14-3-1-2-4-16(14)20/h1-6,11,22,24H,7-10H2. The lowest BCUT2D eigenvalue weighted by Gasteiger charge is -2.39. The van der Waals surface area contributed by atoms with Crippen LogP contribution in [0.25, 0.3) is 0 Å². The summed E-state index contributed by atoms with van der Waals surface area (Å²) in [6.45, 7) is 0.763. The maximum Gasteiger partial charge on any atom is 0.255 e. The molecule has 1 saturated heterocycles. The van der Waals surface area contributed by atoms with E-state index in [-0.39, 0.29) is 17.2 Å². The highest BCUT2D eigenvalue weighted by molar-refractivity contribution is 6.34. The number of aliphatic hydroxyl groups is 1. The van der Waals surface area contributed by atoms with Gasteiger partial charge in [0.1, 0.15) is 5.75 Å². The van der Waals surface area contributed by atoms with Crippen LogP contribution in [-0.4, -0.2) is 34.1 Å². The quantitative estimate of drug-likeness (QED) is 0.850. The number of benzene rings is 2. The van der Waals surface area contributed by atoms with Crippen LogP contribution in [-0.2, 0) is 5.60 Å². The minimum atomic E-state index is -1.04. The van der Waals surface area contributed by atoms with Crippen molar-refractivity contribution in [1.29, 1.82) is 0 Å². The van der Waals surface area contributed by atoms with Gasteiger partial charge in [0.15, 0.2) is 0 Å². The number of piperidine rings is 1. The number of rotatable bonds is 2. The van der Waals surface area contributed by atoms with Gasteiger partial charge in [0.2, 0.25) is 0 Å². The molecule has 0 saturated carbocycles. The van der Waals surface area contributed by atoms with Crippen molar-refractivity contribution < 1.29 is 15.0 Å². The van der Waals surface area contributed by atoms with E-state index in [1.54, 1.807) is 11.0 Å². The van der Waals surface area contributed by atoms with Crippen LogP contribution >= 0.6 is 23.2 Å². The van der Waals surface area contributed by atoms with Crippen molar-refractivity contribution in [2.24, 2.45) is 0 Å². The van der Waals surface area contributed by atoms with E-state index < -0.39 is 5.60 Å². The molecule has 2 aromatic rings. The first kappa shape index (κ1) is 17.1. The molecule has 126 valence electrons. The molecule has 24 heavy (non-hydrogen) atoms. The number of hydrogen-bond acceptors (Lipinski definition) is 3. The average Bonchev–Trinajstić information content (AvgIpc) is 2.57. The summed E-state index contributed by atoms with van der Waals surface area (Å²) >= 11 is 12.3. The first-order valence-electron chi connectivity index (χ1n) is 7.66. The molecule has 1 aliphatic rings. The minimum absolute atomic E-state index is 0.00710. The summed E-state index contributed by atoms with van der Waals surface area (Å²) in [5.74, 6) is -0.260. The van der Waals surface area contributed by atoms with Gasteiger partial charge in [-0.1, -0.05) is 41.4 Å². The van der Waals surface area contributed by atoms with E-state index in [1.807, 2.05) is 18.2 Å². The zero-order chi connectivity index (χ0) is 17.3. The maximum atomic E-state index is 12.6. The minimum Gasteiger partial charge on any atom is -0.508 e. The third-order valence-corrected chi connectivity index (χ3v) is 5.09. The Bertz CT molecular complexity index is 771. The van der Waals surface area contributed by atoms with E-state index in [0.29, 0.717) is 41.5 Å². The number of phenols is 1. The third kappa shape index (κ3) is 3.22. The molecule has 1 heterocycles. The monoisotopic (exact) mass is 365 g/mol. The maximum absolute atomic E-state index is 12.6. The molecule has 0 atom stereocenters. The molecule has 1 amide bonds. The molecule has 0 unspecified atom stereocenters. The van der Waals surface area contributed by atoms with Gasteiger partial charge in [0.05, 0.1) is 16.2 Å². The van der Waals surface area contributed by atoms with E-state index in [4.69, 9.17) is 23.2 Å². The van der Waals surface area contributed by atoms with Gasteiger partial charge in [-0.25, -0.2) is 0 Å². The van der Waals surface area contributed by atoms with Gasteiger partial charge in [0.25, 0.3) is 5.91 Å². The van der Waals surface area contributed by atoms with Gasteiger partial charge >= 0.3 is 0 Å². The summed E-state index contributed by atoms with van der Waals surface area (Å²) in [6.07, 6.45) is 0.776. The summed E-state index contributed by atoms with van der Waals surface area (Å²) in [4.78, 5) is 14.2. The molecule has 1 fully saturated rings. The summed E-state index contributed by atoms with van der Waals surface area (Å²) in [7, 11) is 0. The molecule has 0 radical (unpaired) electrons. The molecule has 0 aliphatic carbocycles. The predicted octanol–water partition coefficient (Wildman–Crippen LogP) is 3.82. The first-order valence-corrected chi connectivity index (χ1v) is 8.41. The molecule has 4 nitrogen and oxygen atoms in total. The van der Waals surface area contributed by atoms with E-state index in [2.05, 4.69) is 0 Å². The number of carbonyl (C=O) groups excluding carboxylic acids is 1. The van der Waals surface area contributed by atoms with Gasteiger partial charge in [-0.2, -0.15) is 0 Å². The summed E-state index contributed by atoms with van der Waals surface area (Å²) in [6, 6.07) is 11.5. The van der Waals surface area contributed by atoms with Crippen molar-refractivity contribution in [3.63, 3.8) is 0 Å². The van der Waals surface area contributed by atoms with Crippen molar-refractivity contribution in [3.8, 4) is 5.75 Å². The fourth-order valence-corrected chi connectivity index (χ4v) is 3.55. The number of phenolic OH excluding ortho intramolecular Hbond substituents is 1. The number of likely N-dealkylation sites (tertiary alicyclic amines) is 1. The van der Waals surface area contributed by atoms with Crippen LogP contribution in [0.1, 0.15) is 28.8 Å². The third-order valence-electron chi connectivity index (χ3n) is 4.43. The normalized spacial score (nSPS) is 16.9. The Hall–Kier alpha value is -1.75. The van der Waals surface area contributed by atoms with Gasteiger partial charge in [0, 0.05) is 23.7 Å². The van der Waals surface area contributed by atoms with Crippen LogP contribution in [0.4, 0.5) is 0 Å². The number of hydrogen-bond donors (Lipinski definition) is 2. The van der Waals surface area contributed by atoms with Crippen molar-refractivity contribution in [1.82, 2.24) is 4.90 Å². The summed E-state index contributed by atoms with van der Waals surface area (Å²) in [5.41, 5.74) is -0.0911. The molecule has 0 spiro atoms. The SMILES string of the molecule is O=C(c1cc(O)ccc1Cl)N1CCC(O)(c2ccccc2Cl)CC1. The molecular formula is C18H17Cl2NO3. The van der Waals surface area contributed by atoms with E-state index in [1.165, 1.54) is 18.2 Å². The summed E-state index contributed by atoms with van der Waals surface area (Å²) < 4.78 is 0. The van der Waals surface area contributed by atoms with Crippen LogP contribution in [0.2, 0.25) is 10.0 Å². The Labute approximate surface area is 150 Å². The Kier molecular flexibility index (Phi) is 4.72. The zero-order valence-corrected chi connectivity index (χ0v) is 14.4. The van der Waals surface area contributed by atoms with Crippen LogP contribution in [0.3, 0.4) is 0 Å². The molecule has 2 aromatic carbocycles. The topological polar surface area (TPSA) is 60.8 Å². The molecular weight excluding hydrogens is 349 g/mol. The molecule has 3 rings (SSSR count). The lowest BCUT2D eigenvalue weighted by Crippen LogP contribution is -2.45. The van der Waals surface area contributed by atoms with E-state index >= 15 is 0 Å². The number of halogens is 2. The van der Waals surface area contributed by atoms with E-state index in [9.17, 15) is 15.0 Å². The van der Waals surface area contributed by atoms with Crippen LogP contribution in [0.5, 0.6) is 5.75 Å². The van der Waals surface area contributed by atoms with Crippen LogP contribution in [0.15, 0.2) is 42.5 Å². The van der Waals surface area contributed by atoms with E-state index in [0.717, 1.165) is 0 Å². The number of carbonyl (C=O) groups is 1. The molecule has 0 aromatic heterocycles. The second-order valence-electron chi connectivity index (χ2n) is 5.97. The second-order valence-corrected chi connectivity index (χ2v) is 6.78. The highest BCUT2D eigenvalue weighted by Crippen LogP contribution is 2.37. The lowest BCUT2D eigenvalue weighted by atomic mass is 9.84. The van der Waals surface area contributed by atoms with Crippen molar-refractivity contribution in [2.75, 3.05) is 13.1 Å². The van der Waals surface area contributed by atoms with Crippen LogP contribution < -0.4 is 0 Å². The Balaban J connectivity index is 1.76. The zero-order valence-electron chi connectivity index (χ0n) is 12.9. The molecule has 2 N–H and O–H groups in total. The Morgan fingerprint density at radius 2 is 1.71 bits per heavy atom. The van der Waals surface area contributed by atoms with Crippen molar-refractivity contribution in [2.45, 2.75) is 18.4 Å². The Morgan fingerprint density at radius 1 is 1.04 bits per heavy atom. The first-order chi connectivity index (χ1) is 11.4. The molecule has 1 aliphatic heterocycles. The van der Waals surface area contributed by atoms with Crippen molar-refractivity contribution >= 4 is 29.1 Å². The number of amides is 1. The summed E-state index contributed by atoms with van der Waals surface area (Å²) in [5, 5.41) is 21.3. The smallest absolute Gasteiger partial charge is 0.255 e. The second kappa shape index (κ2) is 6.63. The highest BCUT2D eigenvalue weighted by atomic mass is 35.5.